The van der Waals surface area contributed by atoms with Gasteiger partial charge in [0.15, 0.2) is 11.5 Å². The van der Waals surface area contributed by atoms with Gasteiger partial charge >= 0.3 is 0 Å². The molecule has 23 heavy (non-hydrogen) atoms. The maximum absolute atomic E-state index is 12.1. The SMILES string of the molecule is CC(C)C(=O)NC1=C/C(=C2\Nc3cc(Cl)ccc3O2)C(=O)C=C1. The molecule has 0 radical (unpaired) electrons. The molecule has 1 heterocycles. The number of hydrogen-bond acceptors (Lipinski definition) is 4. The molecule has 1 aliphatic carbocycles. The van der Waals surface area contributed by atoms with Gasteiger partial charge in [0.2, 0.25) is 11.8 Å². The number of allylic oxidation sites excluding steroid dienone is 4. The monoisotopic (exact) mass is 330 g/mol. The van der Waals surface area contributed by atoms with Crippen molar-refractivity contribution in [3.63, 3.8) is 0 Å². The maximum Gasteiger partial charge on any atom is 0.226 e. The highest BCUT2D eigenvalue weighted by atomic mass is 35.5. The lowest BCUT2D eigenvalue weighted by Crippen LogP contribution is -2.28. The number of nitrogens with one attached hydrogen (secondary N) is 2. The molecule has 0 saturated carbocycles. The number of carbonyl (C=O) groups is 2. The van der Waals surface area contributed by atoms with Gasteiger partial charge in [0.25, 0.3) is 0 Å². The van der Waals surface area contributed by atoms with Crippen LogP contribution in [-0.4, -0.2) is 11.7 Å². The average Bonchev–Trinajstić information content (AvgIpc) is 2.91. The molecule has 3 rings (SSSR count). The van der Waals surface area contributed by atoms with Crippen LogP contribution in [0.25, 0.3) is 0 Å². The summed E-state index contributed by atoms with van der Waals surface area (Å²) in [6, 6.07) is 5.16. The summed E-state index contributed by atoms with van der Waals surface area (Å²) < 4.78 is 5.67. The molecule has 0 spiro atoms. The first-order valence-electron chi connectivity index (χ1n) is 7.17. The molecule has 1 aliphatic heterocycles. The molecule has 0 unspecified atom stereocenters. The highest BCUT2D eigenvalue weighted by Crippen LogP contribution is 2.37. The number of anilines is 1. The standard InChI is InChI=1S/C17H15ClN2O3/c1-9(2)16(22)19-11-4-5-14(21)12(8-11)17-20-13-7-10(18)3-6-15(13)23-17/h3-9,20H,1-2H3,(H,19,22)/b17-12-. The smallest absolute Gasteiger partial charge is 0.226 e. The van der Waals surface area contributed by atoms with Gasteiger partial charge < -0.3 is 15.4 Å². The van der Waals surface area contributed by atoms with Crippen molar-refractivity contribution in [2.75, 3.05) is 5.32 Å². The summed E-state index contributed by atoms with van der Waals surface area (Å²) in [6.07, 6.45) is 4.57. The van der Waals surface area contributed by atoms with Crippen molar-refractivity contribution in [2.24, 2.45) is 5.92 Å². The minimum absolute atomic E-state index is 0.116. The highest BCUT2D eigenvalue weighted by molar-refractivity contribution is 6.31. The van der Waals surface area contributed by atoms with Crippen LogP contribution >= 0.6 is 11.6 Å². The van der Waals surface area contributed by atoms with Crippen LogP contribution in [0.2, 0.25) is 5.02 Å². The van der Waals surface area contributed by atoms with E-state index in [2.05, 4.69) is 10.6 Å². The number of rotatable bonds is 2. The average molecular weight is 331 g/mol. The van der Waals surface area contributed by atoms with Gasteiger partial charge in [-0.25, -0.2) is 0 Å². The Morgan fingerprint density at radius 1 is 1.30 bits per heavy atom. The first-order valence-corrected chi connectivity index (χ1v) is 7.55. The Morgan fingerprint density at radius 3 is 2.83 bits per heavy atom. The number of benzene rings is 1. The van der Waals surface area contributed by atoms with Crippen LogP contribution in [0.15, 0.2) is 53.6 Å². The van der Waals surface area contributed by atoms with Gasteiger partial charge in [-0.2, -0.15) is 0 Å². The molecule has 1 aromatic carbocycles. The van der Waals surface area contributed by atoms with Gasteiger partial charge in [0.05, 0.1) is 11.3 Å². The summed E-state index contributed by atoms with van der Waals surface area (Å²) in [5, 5.41) is 6.37. The normalized spacial score (nSPS) is 19.1. The lowest BCUT2D eigenvalue weighted by atomic mass is 10.0. The fourth-order valence-corrected chi connectivity index (χ4v) is 2.31. The van der Waals surface area contributed by atoms with E-state index in [0.29, 0.717) is 33.6 Å². The van der Waals surface area contributed by atoms with Crippen molar-refractivity contribution in [1.82, 2.24) is 5.32 Å². The maximum atomic E-state index is 12.1. The summed E-state index contributed by atoms with van der Waals surface area (Å²) in [4.78, 5) is 23.9. The van der Waals surface area contributed by atoms with E-state index in [9.17, 15) is 9.59 Å². The van der Waals surface area contributed by atoms with Gasteiger partial charge in [-0.05, 0) is 36.4 Å². The summed E-state index contributed by atoms with van der Waals surface area (Å²) >= 11 is 5.95. The molecular weight excluding hydrogens is 316 g/mol. The molecule has 1 aromatic rings. The second-order valence-corrected chi connectivity index (χ2v) is 5.99. The van der Waals surface area contributed by atoms with E-state index in [-0.39, 0.29) is 17.6 Å². The van der Waals surface area contributed by atoms with Crippen molar-refractivity contribution in [1.29, 1.82) is 0 Å². The number of ether oxygens (including phenoxy) is 1. The van der Waals surface area contributed by atoms with Gasteiger partial charge in [-0.15, -0.1) is 0 Å². The van der Waals surface area contributed by atoms with E-state index in [1.807, 2.05) is 0 Å². The zero-order valence-corrected chi connectivity index (χ0v) is 13.4. The molecule has 0 bridgehead atoms. The van der Waals surface area contributed by atoms with E-state index in [0.717, 1.165) is 0 Å². The molecule has 5 nitrogen and oxygen atoms in total. The molecule has 0 fully saturated rings. The second kappa shape index (κ2) is 5.93. The predicted molar refractivity (Wildman–Crippen MR) is 87.9 cm³/mol. The third-order valence-corrected chi connectivity index (χ3v) is 3.65. The van der Waals surface area contributed by atoms with Gasteiger partial charge in [-0.1, -0.05) is 25.4 Å². The van der Waals surface area contributed by atoms with Crippen LogP contribution < -0.4 is 15.4 Å². The van der Waals surface area contributed by atoms with Crippen molar-refractivity contribution in [3.8, 4) is 5.75 Å². The fraction of sp³-hybridized carbons (Fsp3) is 0.176. The van der Waals surface area contributed by atoms with E-state index in [1.54, 1.807) is 44.2 Å². The minimum atomic E-state index is -0.200. The van der Waals surface area contributed by atoms with E-state index < -0.39 is 0 Å². The van der Waals surface area contributed by atoms with Crippen molar-refractivity contribution >= 4 is 29.0 Å². The molecule has 0 atom stereocenters. The fourth-order valence-electron chi connectivity index (χ4n) is 2.14. The highest BCUT2D eigenvalue weighted by Gasteiger charge is 2.24. The quantitative estimate of drug-likeness (QED) is 0.817. The summed E-state index contributed by atoms with van der Waals surface area (Å²) in [6.45, 7) is 3.60. The first kappa shape index (κ1) is 15.4. The first-order chi connectivity index (χ1) is 10.9. The van der Waals surface area contributed by atoms with Crippen LogP contribution in [0.5, 0.6) is 5.75 Å². The van der Waals surface area contributed by atoms with Crippen molar-refractivity contribution in [2.45, 2.75) is 13.8 Å². The minimum Gasteiger partial charge on any atom is -0.438 e. The van der Waals surface area contributed by atoms with Gasteiger partial charge in [-0.3, -0.25) is 9.59 Å². The third-order valence-electron chi connectivity index (χ3n) is 3.42. The Balaban J connectivity index is 1.90. The molecule has 1 amide bonds. The second-order valence-electron chi connectivity index (χ2n) is 5.55. The van der Waals surface area contributed by atoms with Crippen LogP contribution in [-0.2, 0) is 9.59 Å². The molecule has 6 heteroatoms. The number of fused-ring (bicyclic) bond motifs is 1. The number of amides is 1. The van der Waals surface area contributed by atoms with Crippen LogP contribution in [0.1, 0.15) is 13.8 Å². The molecular formula is C17H15ClN2O3. The summed E-state index contributed by atoms with van der Waals surface area (Å²) in [5.74, 6) is 0.461. The number of ketones is 1. The Bertz CT molecular complexity index is 791. The lowest BCUT2D eigenvalue weighted by molar-refractivity contribution is -0.123. The van der Waals surface area contributed by atoms with Crippen LogP contribution in [0, 0.1) is 5.92 Å². The van der Waals surface area contributed by atoms with E-state index in [4.69, 9.17) is 16.3 Å². The van der Waals surface area contributed by atoms with Crippen molar-refractivity contribution in [3.05, 3.63) is 58.6 Å². The van der Waals surface area contributed by atoms with Gasteiger partial charge in [0.1, 0.15) is 0 Å². The van der Waals surface area contributed by atoms with Crippen LogP contribution in [0.4, 0.5) is 5.69 Å². The zero-order valence-electron chi connectivity index (χ0n) is 12.6. The van der Waals surface area contributed by atoms with E-state index in [1.165, 1.54) is 6.08 Å². The number of hydrogen-bond donors (Lipinski definition) is 2. The van der Waals surface area contributed by atoms with Gasteiger partial charge in [0, 0.05) is 16.6 Å². The molecule has 2 aliphatic rings. The Hall–Kier alpha value is -2.53. The third kappa shape index (κ3) is 3.14. The molecule has 0 saturated heterocycles. The predicted octanol–water partition coefficient (Wildman–Crippen LogP) is 3.15. The number of halogens is 1. The summed E-state index contributed by atoms with van der Waals surface area (Å²) in [5.41, 5.74) is 1.59. The van der Waals surface area contributed by atoms with Crippen molar-refractivity contribution < 1.29 is 14.3 Å². The molecule has 2 N–H and O–H groups in total. The lowest BCUT2D eigenvalue weighted by Gasteiger charge is -2.13. The van der Waals surface area contributed by atoms with Crippen LogP contribution in [0.3, 0.4) is 0 Å². The Morgan fingerprint density at radius 2 is 2.09 bits per heavy atom. The zero-order chi connectivity index (χ0) is 16.6. The Labute approximate surface area is 138 Å². The molecule has 0 aromatic heterocycles. The Kier molecular flexibility index (Phi) is 3.96. The summed E-state index contributed by atoms with van der Waals surface area (Å²) in [7, 11) is 0. The largest absolute Gasteiger partial charge is 0.438 e. The molecule has 118 valence electrons. The number of carbonyl (C=O) groups excluding carboxylic acids is 2. The van der Waals surface area contributed by atoms with E-state index >= 15 is 0 Å². The topological polar surface area (TPSA) is 67.4 Å².